The number of rotatable bonds is 9. The van der Waals surface area contributed by atoms with Crippen molar-refractivity contribution < 1.29 is 28.2 Å². The Morgan fingerprint density at radius 3 is 1.83 bits per heavy atom. The van der Waals surface area contributed by atoms with E-state index in [-0.39, 0.29) is 11.6 Å². The molecule has 0 N–H and O–H groups in total. The first kappa shape index (κ1) is 40.6. The Hall–Kier alpha value is -8.11. The molecule has 0 saturated heterocycles. The molecule has 1 aliphatic carbocycles. The minimum absolute atomic E-state index is 0.0346. The van der Waals surface area contributed by atoms with Crippen molar-refractivity contribution in [2.45, 2.75) is 38.6 Å². The van der Waals surface area contributed by atoms with E-state index in [1.54, 1.807) is 12.3 Å². The molecule has 0 amide bonds. The van der Waals surface area contributed by atoms with Crippen LogP contribution in [-0.4, -0.2) is 18.7 Å². The van der Waals surface area contributed by atoms with Gasteiger partial charge < -0.3 is 0 Å². The van der Waals surface area contributed by atoms with Crippen molar-refractivity contribution in [1.29, 1.82) is 0 Å². The molecular formula is C66H48N4OPt-2. The molecule has 0 fully saturated rings. The van der Waals surface area contributed by atoms with Crippen molar-refractivity contribution in [1.82, 2.24) is 18.7 Å². The van der Waals surface area contributed by atoms with Crippen molar-refractivity contribution in [3.63, 3.8) is 0 Å². The molecule has 3 aromatic heterocycles. The third-order valence-corrected chi connectivity index (χ3v) is 15.4. The van der Waals surface area contributed by atoms with Crippen molar-refractivity contribution in [3.05, 3.63) is 251 Å². The van der Waals surface area contributed by atoms with Gasteiger partial charge in [0, 0.05) is 15.9 Å². The van der Waals surface area contributed by atoms with Crippen LogP contribution in [0.25, 0.3) is 88.9 Å². The topological polar surface area (TPSA) is 36.9 Å². The van der Waals surface area contributed by atoms with E-state index in [4.69, 9.17) is 13.8 Å². The maximum atomic E-state index is 8.68. The van der Waals surface area contributed by atoms with Gasteiger partial charge in [-0.1, -0.05) is 72.8 Å². The van der Waals surface area contributed by atoms with E-state index < -0.39 is 6.85 Å². The molecule has 13 rings (SSSR count). The van der Waals surface area contributed by atoms with Crippen LogP contribution in [0.15, 0.2) is 219 Å². The number of pyridine rings is 1. The predicted molar refractivity (Wildman–Crippen MR) is 290 cm³/mol. The summed E-state index contributed by atoms with van der Waals surface area (Å²) in [6.45, 7) is -0.0900. The van der Waals surface area contributed by atoms with Gasteiger partial charge in [0.25, 0.3) is 0 Å². The summed E-state index contributed by atoms with van der Waals surface area (Å²) in [7, 11) is 0. The van der Waals surface area contributed by atoms with Gasteiger partial charge in [0.05, 0.1) is 0 Å². The molecule has 350 valence electrons. The number of para-hydroxylation sites is 3. The number of hydrogen-bond acceptors (Lipinski definition) is 2. The molecule has 12 aromatic rings. The van der Waals surface area contributed by atoms with Crippen LogP contribution < -0.4 is 4.74 Å². The Balaban J connectivity index is 0.946. The molecule has 0 bridgehead atoms. The third-order valence-electron chi connectivity index (χ3n) is 14.4. The summed E-state index contributed by atoms with van der Waals surface area (Å²) in [4.78, 5) is 4.99. The number of benzene rings is 9. The number of aromatic nitrogens is 4. The normalized spacial score (nSPS) is 15.3. The molecule has 3 heterocycles. The van der Waals surface area contributed by atoms with Gasteiger partial charge in [0.15, 0.2) is 0 Å². The van der Waals surface area contributed by atoms with Crippen LogP contribution in [0.4, 0.5) is 0 Å². The van der Waals surface area contributed by atoms with Crippen molar-refractivity contribution in [2.24, 2.45) is 0 Å². The van der Waals surface area contributed by atoms with E-state index in [1.165, 1.54) is 5.56 Å². The Labute approximate surface area is 434 Å². The van der Waals surface area contributed by atoms with Crippen LogP contribution >= 0.6 is 0 Å². The van der Waals surface area contributed by atoms with Crippen LogP contribution in [0.1, 0.15) is 52.5 Å². The second-order valence-electron chi connectivity index (χ2n) is 18.6. The minimum Gasteiger partial charge on any atom is -0.238 e. The fourth-order valence-electron chi connectivity index (χ4n) is 10.9. The van der Waals surface area contributed by atoms with E-state index in [0.29, 0.717) is 28.8 Å². The smallest absolute Gasteiger partial charge is 0.238 e. The Morgan fingerprint density at radius 2 is 1.15 bits per heavy atom. The van der Waals surface area contributed by atoms with Gasteiger partial charge in [0.2, 0.25) is 0 Å². The summed E-state index contributed by atoms with van der Waals surface area (Å²) in [5, 5.41) is 1.93. The first-order valence-electron chi connectivity index (χ1n) is 26.0. The first-order valence-corrected chi connectivity index (χ1v) is 25.6. The fourth-order valence-corrected chi connectivity index (χ4v) is 12.1. The summed E-state index contributed by atoms with van der Waals surface area (Å²) < 4.78 is 41.0. The quantitative estimate of drug-likeness (QED) is 0.135. The van der Waals surface area contributed by atoms with Gasteiger partial charge in [-0.15, -0.1) is 0 Å². The van der Waals surface area contributed by atoms with Crippen LogP contribution in [0.3, 0.4) is 0 Å². The van der Waals surface area contributed by atoms with Crippen LogP contribution in [-0.2, 0) is 19.4 Å². The number of hydrogen-bond donors (Lipinski definition) is 0. The molecule has 0 saturated carbocycles. The molecule has 72 heavy (non-hydrogen) atoms. The third kappa shape index (κ3) is 7.59. The standard InChI is InChI=1S/C66H48N4O.Pt/c1-44-30-36-60(68-43-69(63-29-16-15-28-62(63)68)66-54(47-20-9-4-10-21-47)26-17-27-55(66)48-22-11-5-12-23-48)58-40-51(32-34-53(44)58)71-52-33-35-56-57-39-50(46-18-7-3-8-19-46)31-37-61(57)70(64(56)41-52)65-38-45(2)59(42-67-65)49-24-13-6-14-25-49;/h3-29,31-35,37-39,42,44,60H,30,36H2,1-2H3;/q-2;/i2D3;. The summed E-state index contributed by atoms with van der Waals surface area (Å²) >= 11 is 2.55. The van der Waals surface area contributed by atoms with E-state index in [0.717, 1.165) is 99.7 Å². The minimum atomic E-state index is -2.40. The molecular weight excluding hydrogens is 1060 g/mol. The second-order valence-corrected chi connectivity index (χ2v) is 19.6. The van der Waals surface area contributed by atoms with E-state index >= 15 is 0 Å². The number of imidazole rings is 1. The number of fused-ring (bicyclic) bond motifs is 5. The predicted octanol–water partition coefficient (Wildman–Crippen LogP) is 16.9. The molecule has 2 unspecified atom stereocenters. The van der Waals surface area contributed by atoms with Crippen molar-refractivity contribution in [2.75, 3.05) is 0 Å². The Kier molecular flexibility index (Phi) is 10.3. The molecule has 9 aromatic carbocycles. The van der Waals surface area contributed by atoms with E-state index in [2.05, 4.69) is 193 Å². The van der Waals surface area contributed by atoms with Crippen molar-refractivity contribution >= 4 is 32.8 Å². The molecule has 5 nitrogen and oxygen atoms in total. The van der Waals surface area contributed by atoms with Gasteiger partial charge >= 0.3 is 302 Å². The second kappa shape index (κ2) is 18.2. The van der Waals surface area contributed by atoms with Gasteiger partial charge in [-0.05, 0) is 41.2 Å². The molecule has 6 heteroatoms. The zero-order valence-electron chi connectivity index (χ0n) is 42.4. The van der Waals surface area contributed by atoms with E-state index in [9.17, 15) is 0 Å². The Morgan fingerprint density at radius 1 is 0.542 bits per heavy atom. The zero-order valence-corrected chi connectivity index (χ0v) is 41.6. The summed E-state index contributed by atoms with van der Waals surface area (Å²) in [6.07, 6.45) is 3.63. The monoisotopic (exact) mass is 1110 g/mol. The Bertz CT molecular complexity index is 4130. The number of nitrogens with zero attached hydrogens (tertiary/aromatic N) is 4. The van der Waals surface area contributed by atoms with Crippen LogP contribution in [0.5, 0.6) is 11.5 Å². The molecule has 0 radical (unpaired) electrons. The van der Waals surface area contributed by atoms with Gasteiger partial charge in [0.1, 0.15) is 0 Å². The molecule has 1 aliphatic rings. The summed E-state index contributed by atoms with van der Waals surface area (Å²) in [5.74, 6) is 1.91. The zero-order chi connectivity index (χ0) is 50.8. The average molecular weight is 1110 g/mol. The average Bonchev–Trinajstić information content (AvgIpc) is 3.94. The van der Waals surface area contributed by atoms with Crippen molar-refractivity contribution in [3.8, 4) is 67.5 Å². The molecule has 0 spiro atoms. The van der Waals surface area contributed by atoms with Crippen LogP contribution in [0.2, 0.25) is 0 Å². The van der Waals surface area contributed by atoms with Gasteiger partial charge in [-0.3, -0.25) is 0 Å². The summed E-state index contributed by atoms with van der Waals surface area (Å²) in [6, 6.07) is 80.5. The maximum absolute atomic E-state index is 8.68. The first-order chi connectivity index (χ1) is 36.7. The number of aryl methyl sites for hydroxylation is 1. The van der Waals surface area contributed by atoms with Gasteiger partial charge in [-0.2, -0.15) is 0 Å². The van der Waals surface area contributed by atoms with E-state index in [1.807, 2.05) is 65.2 Å². The van der Waals surface area contributed by atoms with Gasteiger partial charge in [-0.25, -0.2) is 4.98 Å². The molecule has 2 atom stereocenters. The van der Waals surface area contributed by atoms with Crippen LogP contribution in [0, 0.1) is 22.8 Å². The fraction of sp³-hybridized carbons (Fsp3) is 0.0909. The SMILES string of the molecule is [2H]C([2H])([2H])c1cc(-n2c3[c-]c(Oc4[c-]c5c(cc4)C(C)CCC5n4[c](=[Pt])n(-c5c(-c6ccccc6)cccc5-c5ccccc5)c5ccccc54)ccc3c3cc(-c4ccccc4)ccc32)ncc1-c1ccccc1. The number of ether oxygens (including phenoxy) is 1. The molecule has 0 aliphatic heterocycles. The summed E-state index contributed by atoms with van der Waals surface area (Å²) in [5.41, 5.74) is 15.8.